The van der Waals surface area contributed by atoms with Crippen LogP contribution >= 0.6 is 11.3 Å². The number of aromatic nitrogens is 2. The van der Waals surface area contributed by atoms with Gasteiger partial charge < -0.3 is 10.5 Å². The lowest BCUT2D eigenvalue weighted by atomic mass is 10.2. The molecule has 0 amide bonds. The van der Waals surface area contributed by atoms with Gasteiger partial charge in [-0.1, -0.05) is 0 Å². The number of hydrogen-bond acceptors (Lipinski definition) is 5. The van der Waals surface area contributed by atoms with Crippen molar-refractivity contribution < 1.29 is 9.13 Å². The quantitative estimate of drug-likeness (QED) is 0.780. The largest absolute Gasteiger partial charge is 0.497 e. The van der Waals surface area contributed by atoms with Crippen LogP contribution in [0.1, 0.15) is 0 Å². The van der Waals surface area contributed by atoms with Gasteiger partial charge in [-0.25, -0.2) is 14.4 Å². The average Bonchev–Trinajstić information content (AvgIpc) is 2.87. The predicted molar refractivity (Wildman–Crippen MR) is 73.8 cm³/mol. The van der Waals surface area contributed by atoms with E-state index in [1.54, 1.807) is 12.1 Å². The van der Waals surface area contributed by atoms with Crippen molar-refractivity contribution >= 4 is 27.4 Å². The van der Waals surface area contributed by atoms with E-state index in [9.17, 15) is 4.39 Å². The molecule has 1 aromatic carbocycles. The molecule has 96 valence electrons. The van der Waals surface area contributed by atoms with E-state index in [0.717, 1.165) is 10.2 Å². The molecule has 2 N–H and O–H groups in total. The van der Waals surface area contributed by atoms with E-state index in [1.165, 1.54) is 24.5 Å². The van der Waals surface area contributed by atoms with E-state index < -0.39 is 5.82 Å². The summed E-state index contributed by atoms with van der Waals surface area (Å²) in [6.07, 6.45) is 0. The molecule has 0 aliphatic heterocycles. The molecule has 0 spiro atoms. The van der Waals surface area contributed by atoms with Crippen molar-refractivity contribution in [2.24, 2.45) is 0 Å². The maximum absolute atomic E-state index is 14.0. The minimum atomic E-state index is -0.436. The highest BCUT2D eigenvalue weighted by atomic mass is 32.1. The number of nitrogen functional groups attached to an aromatic ring is 1. The van der Waals surface area contributed by atoms with E-state index in [-0.39, 0.29) is 5.82 Å². The Morgan fingerprint density at radius 3 is 2.84 bits per heavy atom. The molecule has 2 aromatic heterocycles. The second-order valence-corrected chi connectivity index (χ2v) is 4.81. The summed E-state index contributed by atoms with van der Waals surface area (Å²) in [5, 5.41) is 2.67. The lowest BCUT2D eigenvalue weighted by Crippen LogP contribution is -1.98. The van der Waals surface area contributed by atoms with Gasteiger partial charge in [0.25, 0.3) is 0 Å². The average molecular weight is 275 g/mol. The van der Waals surface area contributed by atoms with Gasteiger partial charge in [-0.05, 0) is 23.6 Å². The number of rotatable bonds is 2. The van der Waals surface area contributed by atoms with Crippen LogP contribution in [0.4, 0.5) is 10.2 Å². The molecule has 0 fully saturated rings. The number of halogens is 1. The summed E-state index contributed by atoms with van der Waals surface area (Å²) in [5.41, 5.74) is 6.16. The number of hydrogen-bond donors (Lipinski definition) is 1. The number of fused-ring (bicyclic) bond motifs is 1. The van der Waals surface area contributed by atoms with Crippen molar-refractivity contribution in [2.75, 3.05) is 12.8 Å². The number of anilines is 1. The van der Waals surface area contributed by atoms with Crippen LogP contribution in [0, 0.1) is 5.82 Å². The van der Waals surface area contributed by atoms with Gasteiger partial charge in [0.15, 0.2) is 5.82 Å². The zero-order chi connectivity index (χ0) is 13.4. The molecule has 0 aliphatic carbocycles. The molecule has 3 aromatic rings. The lowest BCUT2D eigenvalue weighted by Gasteiger charge is -2.05. The summed E-state index contributed by atoms with van der Waals surface area (Å²) in [5.74, 6) is 0.658. The number of nitrogens with two attached hydrogens (primary N) is 1. The first-order chi connectivity index (χ1) is 9.19. The first-order valence-electron chi connectivity index (χ1n) is 5.53. The highest BCUT2D eigenvalue weighted by Gasteiger charge is 2.12. The van der Waals surface area contributed by atoms with Crippen LogP contribution in [0.3, 0.4) is 0 Å². The first-order valence-corrected chi connectivity index (χ1v) is 6.41. The maximum Gasteiger partial charge on any atom is 0.166 e. The third-order valence-electron chi connectivity index (χ3n) is 2.77. The maximum atomic E-state index is 14.0. The molecule has 0 bridgehead atoms. The van der Waals surface area contributed by atoms with E-state index in [4.69, 9.17) is 10.5 Å². The number of methoxy groups -OCH3 is 1. The molecule has 0 radical (unpaired) electrons. The van der Waals surface area contributed by atoms with Crippen molar-refractivity contribution in [1.29, 1.82) is 0 Å². The smallest absolute Gasteiger partial charge is 0.166 e. The fraction of sp³-hybridized carbons (Fsp3) is 0.0769. The van der Waals surface area contributed by atoms with Crippen molar-refractivity contribution in [3.8, 4) is 17.1 Å². The van der Waals surface area contributed by atoms with Crippen LogP contribution in [0.5, 0.6) is 5.75 Å². The van der Waals surface area contributed by atoms with Gasteiger partial charge in [0.1, 0.15) is 22.2 Å². The van der Waals surface area contributed by atoms with E-state index >= 15 is 0 Å². The van der Waals surface area contributed by atoms with Crippen molar-refractivity contribution in [1.82, 2.24) is 9.97 Å². The van der Waals surface area contributed by atoms with Gasteiger partial charge in [-0.3, -0.25) is 0 Å². The van der Waals surface area contributed by atoms with Crippen LogP contribution in [0.15, 0.2) is 29.6 Å². The Hall–Kier alpha value is -2.21. The van der Waals surface area contributed by atoms with Crippen LogP contribution in [-0.4, -0.2) is 17.1 Å². The highest BCUT2D eigenvalue weighted by molar-refractivity contribution is 7.16. The molecule has 6 heteroatoms. The summed E-state index contributed by atoms with van der Waals surface area (Å²) in [6.45, 7) is 0. The minimum Gasteiger partial charge on any atom is -0.497 e. The SMILES string of the molecule is COc1ccc(-c2nc(N)c3ccsc3n2)c(F)c1. The molecule has 0 saturated heterocycles. The zero-order valence-electron chi connectivity index (χ0n) is 10.1. The Bertz CT molecular complexity index is 757. The second-order valence-electron chi connectivity index (χ2n) is 3.92. The number of ether oxygens (including phenoxy) is 1. The molecule has 2 heterocycles. The molecule has 3 rings (SSSR count). The fourth-order valence-corrected chi connectivity index (χ4v) is 2.57. The van der Waals surface area contributed by atoms with Crippen LogP contribution in [-0.2, 0) is 0 Å². The Labute approximate surface area is 112 Å². The molecule has 0 unspecified atom stereocenters. The minimum absolute atomic E-state index is 0.285. The standard InChI is InChI=1S/C13H10FN3OS/c1-18-7-2-3-8(10(14)6-7)12-16-11(15)9-4-5-19-13(9)17-12/h2-6H,1H3,(H2,15,16,17). The Morgan fingerprint density at radius 1 is 1.26 bits per heavy atom. The summed E-state index contributed by atoms with van der Waals surface area (Å²) in [7, 11) is 1.49. The van der Waals surface area contributed by atoms with Gasteiger partial charge in [-0.2, -0.15) is 0 Å². The van der Waals surface area contributed by atoms with Crippen LogP contribution in [0.25, 0.3) is 21.6 Å². The van der Waals surface area contributed by atoms with Gasteiger partial charge in [0, 0.05) is 6.07 Å². The third-order valence-corrected chi connectivity index (χ3v) is 3.58. The molecule has 0 saturated carbocycles. The van der Waals surface area contributed by atoms with Gasteiger partial charge >= 0.3 is 0 Å². The molecule has 0 atom stereocenters. The zero-order valence-corrected chi connectivity index (χ0v) is 10.9. The van der Waals surface area contributed by atoms with Crippen LogP contribution in [0.2, 0.25) is 0 Å². The van der Waals surface area contributed by atoms with E-state index in [1.807, 2.05) is 11.4 Å². The summed E-state index contributed by atoms with van der Waals surface area (Å²) >= 11 is 1.45. The molecular formula is C13H10FN3OS. The third kappa shape index (κ3) is 2.00. The van der Waals surface area contributed by atoms with Gasteiger partial charge in [-0.15, -0.1) is 11.3 Å². The van der Waals surface area contributed by atoms with Crippen molar-refractivity contribution in [2.45, 2.75) is 0 Å². The predicted octanol–water partition coefficient (Wildman–Crippen LogP) is 3.09. The number of benzene rings is 1. The van der Waals surface area contributed by atoms with Gasteiger partial charge in [0.2, 0.25) is 0 Å². The first kappa shape index (κ1) is 11.9. The summed E-state index contributed by atoms with van der Waals surface area (Å²) < 4.78 is 18.9. The fourth-order valence-electron chi connectivity index (χ4n) is 1.80. The van der Waals surface area contributed by atoms with Gasteiger partial charge in [0.05, 0.1) is 18.1 Å². The van der Waals surface area contributed by atoms with E-state index in [0.29, 0.717) is 17.1 Å². The Balaban J connectivity index is 2.18. The second kappa shape index (κ2) is 4.47. The molecule has 19 heavy (non-hydrogen) atoms. The summed E-state index contributed by atoms with van der Waals surface area (Å²) in [6, 6.07) is 6.40. The van der Waals surface area contributed by atoms with Crippen molar-refractivity contribution in [3.05, 3.63) is 35.5 Å². The van der Waals surface area contributed by atoms with Crippen molar-refractivity contribution in [3.63, 3.8) is 0 Å². The summed E-state index contributed by atoms with van der Waals surface area (Å²) in [4.78, 5) is 9.23. The Kier molecular flexibility index (Phi) is 2.79. The monoisotopic (exact) mass is 275 g/mol. The van der Waals surface area contributed by atoms with E-state index in [2.05, 4.69) is 9.97 Å². The topological polar surface area (TPSA) is 61.0 Å². The molecule has 0 aliphatic rings. The Morgan fingerprint density at radius 2 is 2.11 bits per heavy atom. The highest BCUT2D eigenvalue weighted by Crippen LogP contribution is 2.29. The lowest BCUT2D eigenvalue weighted by molar-refractivity contribution is 0.411. The number of nitrogens with zero attached hydrogens (tertiary/aromatic N) is 2. The van der Waals surface area contributed by atoms with Crippen LogP contribution < -0.4 is 10.5 Å². The normalized spacial score (nSPS) is 10.8. The molecular weight excluding hydrogens is 265 g/mol. The molecule has 4 nitrogen and oxygen atoms in total. The number of thiophene rings is 1.